The molecule has 3 nitrogen and oxygen atoms in total. The summed E-state index contributed by atoms with van der Waals surface area (Å²) in [6.45, 7) is 6.65. The van der Waals surface area contributed by atoms with Crippen molar-refractivity contribution in [2.45, 2.75) is 20.8 Å². The van der Waals surface area contributed by atoms with Crippen LogP contribution in [0.25, 0.3) is 0 Å². The second-order valence-corrected chi connectivity index (χ2v) is 5.12. The van der Waals surface area contributed by atoms with E-state index in [1.54, 1.807) is 18.3 Å². The topological polar surface area (TPSA) is 38.3 Å². The maximum absolute atomic E-state index is 12.1. The van der Waals surface area contributed by atoms with Gasteiger partial charge in [0.25, 0.3) is 0 Å². The first kappa shape index (κ1) is 15.8. The van der Waals surface area contributed by atoms with Gasteiger partial charge < -0.3 is 10.1 Å². The minimum atomic E-state index is -0.0414. The van der Waals surface area contributed by atoms with E-state index in [9.17, 15) is 4.79 Å². The Balaban J connectivity index is 1.98. The van der Waals surface area contributed by atoms with Crippen molar-refractivity contribution in [2.75, 3.05) is 11.9 Å². The van der Waals surface area contributed by atoms with Gasteiger partial charge >= 0.3 is 0 Å². The fourth-order valence-corrected chi connectivity index (χ4v) is 2.16. The molecule has 2 rings (SSSR count). The quantitative estimate of drug-likeness (QED) is 0.629. The zero-order valence-corrected chi connectivity index (χ0v) is 13.2. The maximum atomic E-state index is 12.1. The average molecular weight is 295 g/mol. The molecule has 0 aliphatic rings. The Labute approximate surface area is 131 Å². The molecule has 3 heteroatoms. The van der Waals surface area contributed by atoms with E-state index in [0.717, 1.165) is 17.0 Å². The molecule has 0 radical (unpaired) electrons. The van der Waals surface area contributed by atoms with Gasteiger partial charge in [-0.3, -0.25) is 4.79 Å². The first-order chi connectivity index (χ1) is 10.6. The molecule has 0 aliphatic carbocycles. The third-order valence-corrected chi connectivity index (χ3v) is 3.31. The summed E-state index contributed by atoms with van der Waals surface area (Å²) in [6.07, 6.45) is 3.21. The van der Waals surface area contributed by atoms with Gasteiger partial charge in [0.05, 0.1) is 6.61 Å². The Bertz CT molecular complexity index is 672. The van der Waals surface area contributed by atoms with E-state index < -0.39 is 0 Å². The van der Waals surface area contributed by atoms with Gasteiger partial charge in [0, 0.05) is 23.5 Å². The minimum absolute atomic E-state index is 0.0414. The molecule has 0 aliphatic heterocycles. The number of carbonyl (C=O) groups is 1. The third-order valence-electron chi connectivity index (χ3n) is 3.31. The summed E-state index contributed by atoms with van der Waals surface area (Å²) in [5.74, 6) is 0.733. The predicted molar refractivity (Wildman–Crippen MR) is 90.6 cm³/mol. The number of ketones is 1. The fraction of sp³-hybridized carbons (Fsp3) is 0.211. The molecule has 114 valence electrons. The molecule has 0 aromatic heterocycles. The molecule has 0 bridgehead atoms. The van der Waals surface area contributed by atoms with Gasteiger partial charge in [-0.15, -0.1) is 0 Å². The van der Waals surface area contributed by atoms with Gasteiger partial charge in [0.15, 0.2) is 5.78 Å². The number of hydrogen-bond acceptors (Lipinski definition) is 3. The van der Waals surface area contributed by atoms with Crippen molar-refractivity contribution in [3.05, 3.63) is 71.4 Å². The lowest BCUT2D eigenvalue weighted by molar-refractivity contribution is 0.104. The van der Waals surface area contributed by atoms with Crippen LogP contribution >= 0.6 is 0 Å². The number of aryl methyl sites for hydroxylation is 2. The number of allylic oxidation sites excluding steroid dienone is 1. The summed E-state index contributed by atoms with van der Waals surface area (Å²) in [6, 6.07) is 13.3. The van der Waals surface area contributed by atoms with Gasteiger partial charge in [0.1, 0.15) is 5.75 Å². The molecule has 0 fully saturated rings. The molecular weight excluding hydrogens is 274 g/mol. The van der Waals surface area contributed by atoms with E-state index in [1.165, 1.54) is 11.6 Å². The zero-order valence-electron chi connectivity index (χ0n) is 13.2. The number of benzene rings is 2. The molecule has 22 heavy (non-hydrogen) atoms. The maximum Gasteiger partial charge on any atom is 0.187 e. The first-order valence-corrected chi connectivity index (χ1v) is 7.37. The van der Waals surface area contributed by atoms with Gasteiger partial charge in [-0.2, -0.15) is 0 Å². The number of nitrogens with one attached hydrogen (secondary N) is 1. The van der Waals surface area contributed by atoms with E-state index in [0.29, 0.717) is 12.2 Å². The third kappa shape index (κ3) is 4.22. The lowest BCUT2D eigenvalue weighted by atomic mass is 10.1. The van der Waals surface area contributed by atoms with Crippen molar-refractivity contribution >= 4 is 11.5 Å². The largest absolute Gasteiger partial charge is 0.494 e. The summed E-state index contributed by atoms with van der Waals surface area (Å²) >= 11 is 0. The highest BCUT2D eigenvalue weighted by Crippen LogP contribution is 2.16. The van der Waals surface area contributed by atoms with Crippen molar-refractivity contribution in [3.8, 4) is 5.75 Å². The van der Waals surface area contributed by atoms with Crippen molar-refractivity contribution in [1.29, 1.82) is 0 Å². The smallest absolute Gasteiger partial charge is 0.187 e. The van der Waals surface area contributed by atoms with Crippen LogP contribution in [0.3, 0.4) is 0 Å². The highest BCUT2D eigenvalue weighted by molar-refractivity contribution is 6.04. The number of hydrogen-bond donors (Lipinski definition) is 1. The Morgan fingerprint density at radius 2 is 1.86 bits per heavy atom. The number of anilines is 1. The van der Waals surface area contributed by atoms with Crippen LogP contribution in [-0.2, 0) is 0 Å². The number of carbonyl (C=O) groups excluding carboxylic acids is 1. The van der Waals surface area contributed by atoms with Crippen LogP contribution in [0.15, 0.2) is 54.7 Å². The summed E-state index contributed by atoms with van der Waals surface area (Å²) < 4.78 is 5.36. The average Bonchev–Trinajstić information content (AvgIpc) is 2.50. The van der Waals surface area contributed by atoms with Gasteiger partial charge in [-0.05, 0) is 56.7 Å². The highest BCUT2D eigenvalue weighted by Gasteiger charge is 2.02. The number of ether oxygens (including phenoxy) is 1. The Hall–Kier alpha value is -2.55. The van der Waals surface area contributed by atoms with E-state index in [1.807, 2.05) is 38.1 Å². The fourth-order valence-electron chi connectivity index (χ4n) is 2.16. The summed E-state index contributed by atoms with van der Waals surface area (Å²) in [7, 11) is 0. The van der Waals surface area contributed by atoms with Crippen LogP contribution in [0, 0.1) is 13.8 Å². The Morgan fingerprint density at radius 1 is 1.14 bits per heavy atom. The van der Waals surface area contributed by atoms with Crippen LogP contribution < -0.4 is 10.1 Å². The Kier molecular flexibility index (Phi) is 5.37. The standard InChI is InChI=1S/C19H21NO2/c1-4-22-17-8-6-16(7-9-17)19(21)11-12-20-18-10-5-14(2)13-15(18)3/h5-13,20H,4H2,1-3H3/b12-11+. The molecule has 2 aromatic carbocycles. The normalized spacial score (nSPS) is 10.7. The highest BCUT2D eigenvalue weighted by atomic mass is 16.5. The molecule has 0 spiro atoms. The molecule has 0 amide bonds. The van der Waals surface area contributed by atoms with Gasteiger partial charge in [-0.1, -0.05) is 17.7 Å². The molecule has 0 saturated heterocycles. The van der Waals surface area contributed by atoms with Crippen LogP contribution in [-0.4, -0.2) is 12.4 Å². The van der Waals surface area contributed by atoms with E-state index in [-0.39, 0.29) is 5.78 Å². The van der Waals surface area contributed by atoms with Gasteiger partial charge in [0.2, 0.25) is 0 Å². The van der Waals surface area contributed by atoms with Crippen LogP contribution in [0.4, 0.5) is 5.69 Å². The molecule has 0 atom stereocenters. The molecule has 2 aromatic rings. The zero-order chi connectivity index (χ0) is 15.9. The molecule has 0 unspecified atom stereocenters. The number of rotatable bonds is 6. The van der Waals surface area contributed by atoms with E-state index in [2.05, 4.69) is 18.3 Å². The minimum Gasteiger partial charge on any atom is -0.494 e. The van der Waals surface area contributed by atoms with E-state index >= 15 is 0 Å². The van der Waals surface area contributed by atoms with Crippen LogP contribution in [0.1, 0.15) is 28.4 Å². The SMILES string of the molecule is CCOc1ccc(C(=O)/C=C/Nc2ccc(C)cc2C)cc1. The second kappa shape index (κ2) is 7.46. The van der Waals surface area contributed by atoms with Crippen molar-refractivity contribution in [1.82, 2.24) is 0 Å². The summed E-state index contributed by atoms with van der Waals surface area (Å²) in [5, 5.41) is 3.15. The van der Waals surface area contributed by atoms with Gasteiger partial charge in [-0.25, -0.2) is 0 Å². The van der Waals surface area contributed by atoms with Crippen molar-refractivity contribution in [3.63, 3.8) is 0 Å². The molecule has 0 heterocycles. The van der Waals surface area contributed by atoms with Crippen molar-refractivity contribution in [2.24, 2.45) is 0 Å². The lowest BCUT2D eigenvalue weighted by Crippen LogP contribution is -1.98. The monoisotopic (exact) mass is 295 g/mol. The predicted octanol–water partition coefficient (Wildman–Crippen LogP) is 4.51. The summed E-state index contributed by atoms with van der Waals surface area (Å²) in [5.41, 5.74) is 4.01. The van der Waals surface area contributed by atoms with E-state index in [4.69, 9.17) is 4.74 Å². The molecular formula is C19H21NO2. The Morgan fingerprint density at radius 3 is 2.50 bits per heavy atom. The lowest BCUT2D eigenvalue weighted by Gasteiger charge is -2.06. The van der Waals surface area contributed by atoms with Crippen LogP contribution in [0.5, 0.6) is 5.75 Å². The first-order valence-electron chi connectivity index (χ1n) is 7.37. The second-order valence-electron chi connectivity index (χ2n) is 5.12. The molecule has 1 N–H and O–H groups in total. The summed E-state index contributed by atoms with van der Waals surface area (Å²) in [4.78, 5) is 12.1. The van der Waals surface area contributed by atoms with Crippen molar-refractivity contribution < 1.29 is 9.53 Å². The van der Waals surface area contributed by atoms with Crippen LogP contribution in [0.2, 0.25) is 0 Å². The molecule has 0 saturated carbocycles.